The Morgan fingerprint density at radius 3 is 2.60 bits per heavy atom. The van der Waals surface area contributed by atoms with Crippen LogP contribution in [0.15, 0.2) is 60.9 Å². The summed E-state index contributed by atoms with van der Waals surface area (Å²) in [6, 6.07) is 14.7. The minimum atomic E-state index is -0.379. The number of nitro benzene ring substituents is 1. The highest BCUT2D eigenvalue weighted by Crippen LogP contribution is 2.26. The van der Waals surface area contributed by atoms with E-state index >= 15 is 0 Å². The lowest BCUT2D eigenvalue weighted by molar-refractivity contribution is -0.384. The van der Waals surface area contributed by atoms with Crippen LogP contribution in [-0.2, 0) is 13.0 Å². The topological polar surface area (TPSA) is 107 Å². The second-order valence-corrected chi connectivity index (χ2v) is 7.28. The van der Waals surface area contributed by atoms with Crippen LogP contribution in [0.2, 0.25) is 0 Å². The third kappa shape index (κ3) is 5.68. The first-order chi connectivity index (χ1) is 14.6. The fourth-order valence-corrected chi connectivity index (χ4v) is 3.48. The summed E-state index contributed by atoms with van der Waals surface area (Å²) in [6.07, 6.45) is 6.23. The lowest BCUT2D eigenvalue weighted by atomic mass is 10.0. The Balaban J connectivity index is 1.78. The SMILES string of the molecule is Cc1cccnc1CC(CCCN)NCc1ncccc1-c1cccc([N+](=O)[O-])c1. The van der Waals surface area contributed by atoms with Gasteiger partial charge in [-0.3, -0.25) is 20.1 Å². The lowest BCUT2D eigenvalue weighted by Gasteiger charge is -2.20. The molecule has 0 saturated carbocycles. The number of pyridine rings is 2. The average molecular weight is 406 g/mol. The van der Waals surface area contributed by atoms with Crippen molar-refractivity contribution in [3.05, 3.63) is 88.0 Å². The molecular weight excluding hydrogens is 378 g/mol. The smallest absolute Gasteiger partial charge is 0.270 e. The molecule has 0 spiro atoms. The second-order valence-electron chi connectivity index (χ2n) is 7.28. The van der Waals surface area contributed by atoms with E-state index in [0.29, 0.717) is 13.1 Å². The number of hydrogen-bond donors (Lipinski definition) is 2. The lowest BCUT2D eigenvalue weighted by Crippen LogP contribution is -2.32. The van der Waals surface area contributed by atoms with E-state index in [1.807, 2.05) is 30.5 Å². The molecule has 0 aliphatic rings. The van der Waals surface area contributed by atoms with Crippen LogP contribution in [0.3, 0.4) is 0 Å². The molecule has 0 aliphatic heterocycles. The number of aryl methyl sites for hydroxylation is 1. The zero-order valence-corrected chi connectivity index (χ0v) is 17.1. The molecule has 7 nitrogen and oxygen atoms in total. The number of rotatable bonds is 10. The van der Waals surface area contributed by atoms with Gasteiger partial charge in [-0.05, 0) is 49.6 Å². The van der Waals surface area contributed by atoms with Gasteiger partial charge in [0.1, 0.15) is 0 Å². The van der Waals surface area contributed by atoms with Crippen LogP contribution >= 0.6 is 0 Å². The van der Waals surface area contributed by atoms with E-state index in [2.05, 4.69) is 28.3 Å². The molecule has 7 heteroatoms. The number of benzene rings is 1. The van der Waals surface area contributed by atoms with Gasteiger partial charge in [0, 0.05) is 54.8 Å². The summed E-state index contributed by atoms with van der Waals surface area (Å²) in [5.41, 5.74) is 10.6. The standard InChI is InChI=1S/C23H27N5O2/c1-17-6-4-12-25-22(17)15-19(8-3-11-24)27-16-23-21(10-5-13-26-23)18-7-2-9-20(14-18)28(29)30/h2,4-7,9-10,12-14,19,27H,3,8,11,15-16,24H2,1H3. The maximum absolute atomic E-state index is 11.1. The molecule has 30 heavy (non-hydrogen) atoms. The Bertz CT molecular complexity index is 993. The summed E-state index contributed by atoms with van der Waals surface area (Å²) >= 11 is 0. The fourth-order valence-electron chi connectivity index (χ4n) is 3.48. The van der Waals surface area contributed by atoms with Crippen LogP contribution in [0.25, 0.3) is 11.1 Å². The number of nitrogens with two attached hydrogens (primary N) is 1. The molecule has 1 aromatic carbocycles. The number of non-ortho nitro benzene ring substituents is 1. The van der Waals surface area contributed by atoms with Gasteiger partial charge in [-0.25, -0.2) is 0 Å². The van der Waals surface area contributed by atoms with Crippen LogP contribution < -0.4 is 11.1 Å². The van der Waals surface area contributed by atoms with Gasteiger partial charge in [-0.2, -0.15) is 0 Å². The first-order valence-electron chi connectivity index (χ1n) is 10.1. The zero-order valence-electron chi connectivity index (χ0n) is 17.1. The maximum Gasteiger partial charge on any atom is 0.270 e. The summed E-state index contributed by atoms with van der Waals surface area (Å²) in [7, 11) is 0. The van der Waals surface area contributed by atoms with E-state index < -0.39 is 0 Å². The van der Waals surface area contributed by atoms with Crippen LogP contribution in [0, 0.1) is 17.0 Å². The molecule has 1 atom stereocenters. The van der Waals surface area contributed by atoms with E-state index in [9.17, 15) is 10.1 Å². The Morgan fingerprint density at radius 1 is 1.10 bits per heavy atom. The molecule has 3 N–H and O–H groups in total. The molecule has 0 fully saturated rings. The molecular formula is C23H27N5O2. The summed E-state index contributed by atoms with van der Waals surface area (Å²) in [5.74, 6) is 0. The maximum atomic E-state index is 11.1. The molecule has 156 valence electrons. The minimum Gasteiger partial charge on any atom is -0.330 e. The van der Waals surface area contributed by atoms with Crippen molar-refractivity contribution in [2.45, 2.75) is 38.8 Å². The molecule has 0 radical (unpaired) electrons. The first kappa shape index (κ1) is 21.5. The Hall–Kier alpha value is -3.16. The van der Waals surface area contributed by atoms with E-state index in [-0.39, 0.29) is 16.7 Å². The normalized spacial score (nSPS) is 11.9. The van der Waals surface area contributed by atoms with Gasteiger partial charge in [-0.15, -0.1) is 0 Å². The molecule has 1 unspecified atom stereocenters. The summed E-state index contributed by atoms with van der Waals surface area (Å²) in [6.45, 7) is 3.27. The highest BCUT2D eigenvalue weighted by molar-refractivity contribution is 5.68. The number of hydrogen-bond acceptors (Lipinski definition) is 6. The molecule has 3 aromatic rings. The zero-order chi connectivity index (χ0) is 21.3. The van der Waals surface area contributed by atoms with E-state index in [1.165, 1.54) is 11.6 Å². The summed E-state index contributed by atoms with van der Waals surface area (Å²) < 4.78 is 0. The fraction of sp³-hybridized carbons (Fsp3) is 0.304. The number of nitro groups is 1. The molecule has 2 aromatic heterocycles. The third-order valence-electron chi connectivity index (χ3n) is 5.13. The van der Waals surface area contributed by atoms with Gasteiger partial charge in [0.2, 0.25) is 0 Å². The van der Waals surface area contributed by atoms with Crippen molar-refractivity contribution in [2.75, 3.05) is 6.54 Å². The molecule has 0 bridgehead atoms. The summed E-state index contributed by atoms with van der Waals surface area (Å²) in [5, 5.41) is 14.7. The van der Waals surface area contributed by atoms with Crippen LogP contribution in [0.4, 0.5) is 5.69 Å². The van der Waals surface area contributed by atoms with Crippen LogP contribution in [-0.4, -0.2) is 27.5 Å². The molecule has 0 saturated heterocycles. The minimum absolute atomic E-state index is 0.0710. The van der Waals surface area contributed by atoms with Gasteiger partial charge in [0.05, 0.1) is 10.6 Å². The van der Waals surface area contributed by atoms with Gasteiger partial charge >= 0.3 is 0 Å². The van der Waals surface area contributed by atoms with Gasteiger partial charge < -0.3 is 11.1 Å². The highest BCUT2D eigenvalue weighted by atomic mass is 16.6. The van der Waals surface area contributed by atoms with Crippen molar-refractivity contribution < 1.29 is 4.92 Å². The highest BCUT2D eigenvalue weighted by Gasteiger charge is 2.15. The van der Waals surface area contributed by atoms with Gasteiger partial charge in [-0.1, -0.05) is 24.3 Å². The number of aromatic nitrogens is 2. The van der Waals surface area contributed by atoms with Crippen molar-refractivity contribution in [1.82, 2.24) is 15.3 Å². The van der Waals surface area contributed by atoms with Crippen molar-refractivity contribution in [3.8, 4) is 11.1 Å². The van der Waals surface area contributed by atoms with Crippen molar-refractivity contribution in [2.24, 2.45) is 5.73 Å². The first-order valence-corrected chi connectivity index (χ1v) is 10.1. The second kappa shape index (κ2) is 10.6. The predicted molar refractivity (Wildman–Crippen MR) is 118 cm³/mol. The Kier molecular flexibility index (Phi) is 7.59. The van der Waals surface area contributed by atoms with Crippen LogP contribution in [0.1, 0.15) is 29.8 Å². The van der Waals surface area contributed by atoms with Crippen LogP contribution in [0.5, 0.6) is 0 Å². The van der Waals surface area contributed by atoms with Crippen molar-refractivity contribution in [3.63, 3.8) is 0 Å². The predicted octanol–water partition coefficient (Wildman–Crippen LogP) is 3.80. The molecule has 0 aliphatic carbocycles. The van der Waals surface area contributed by atoms with Gasteiger partial charge in [0.25, 0.3) is 5.69 Å². The largest absolute Gasteiger partial charge is 0.330 e. The quantitative estimate of drug-likeness (QED) is 0.392. The van der Waals surface area contributed by atoms with E-state index in [0.717, 1.165) is 41.8 Å². The Labute approximate surface area is 176 Å². The van der Waals surface area contributed by atoms with Crippen molar-refractivity contribution in [1.29, 1.82) is 0 Å². The van der Waals surface area contributed by atoms with Crippen molar-refractivity contribution >= 4 is 5.69 Å². The summed E-state index contributed by atoms with van der Waals surface area (Å²) in [4.78, 5) is 19.8. The molecule has 0 amide bonds. The van der Waals surface area contributed by atoms with E-state index in [1.54, 1.807) is 18.3 Å². The molecule has 3 rings (SSSR count). The Morgan fingerprint density at radius 2 is 1.87 bits per heavy atom. The number of nitrogens with zero attached hydrogens (tertiary/aromatic N) is 3. The van der Waals surface area contributed by atoms with E-state index in [4.69, 9.17) is 5.73 Å². The third-order valence-corrected chi connectivity index (χ3v) is 5.13. The monoisotopic (exact) mass is 405 g/mol. The van der Waals surface area contributed by atoms with Gasteiger partial charge in [0.15, 0.2) is 0 Å². The molecule has 2 heterocycles. The number of nitrogens with one attached hydrogen (secondary N) is 1. The average Bonchev–Trinajstić information content (AvgIpc) is 2.77.